The van der Waals surface area contributed by atoms with Crippen molar-refractivity contribution in [3.63, 3.8) is 0 Å². The van der Waals surface area contributed by atoms with Crippen molar-refractivity contribution in [3.8, 4) is 40.1 Å². The number of ether oxygens (including phenoxy) is 4. The highest BCUT2D eigenvalue weighted by molar-refractivity contribution is 5.92. The second-order valence-corrected chi connectivity index (χ2v) is 10.0. The minimum absolute atomic E-state index is 0.00498. The maximum atomic E-state index is 13.5. The standard InChI is InChI=1S/C27H30O15/c1-38-14-4-8(3-10(29)24(14)39-2)13-5-9(28)15-20(34)16(26-22(36)18(32)11(30)6-40-26)21(35)17(25(15)42-13)27-23(37)19(33)12(31)7-41-27/h3-5,11-12,18-19,22-23,26-27,29-37H,6-7H2,1-2H3/t11-,12-,18-,19-,22?,23?,26-,27-/m0/s1. The molecule has 0 saturated carbocycles. The van der Waals surface area contributed by atoms with E-state index in [9.17, 15) is 50.8 Å². The van der Waals surface area contributed by atoms with Gasteiger partial charge in [-0.1, -0.05) is 0 Å². The van der Waals surface area contributed by atoms with Gasteiger partial charge in [0.25, 0.3) is 0 Å². The van der Waals surface area contributed by atoms with Gasteiger partial charge in [-0.15, -0.1) is 0 Å². The highest BCUT2D eigenvalue weighted by Crippen LogP contribution is 2.50. The van der Waals surface area contributed by atoms with Crippen LogP contribution in [-0.2, 0) is 9.47 Å². The first-order valence-electron chi connectivity index (χ1n) is 12.7. The molecule has 0 amide bonds. The molecule has 228 valence electrons. The summed E-state index contributed by atoms with van der Waals surface area (Å²) >= 11 is 0. The van der Waals surface area contributed by atoms with E-state index in [1.54, 1.807) is 0 Å². The van der Waals surface area contributed by atoms with E-state index in [1.165, 1.54) is 26.4 Å². The zero-order valence-electron chi connectivity index (χ0n) is 22.2. The third-order valence-corrected chi connectivity index (χ3v) is 7.51. The molecule has 1 aromatic heterocycles. The minimum Gasteiger partial charge on any atom is -0.507 e. The third-order valence-electron chi connectivity index (χ3n) is 7.51. The molecule has 2 aromatic carbocycles. The average Bonchev–Trinajstić information content (AvgIpc) is 2.96. The summed E-state index contributed by atoms with van der Waals surface area (Å²) in [7, 11) is 2.61. The van der Waals surface area contributed by atoms with Crippen molar-refractivity contribution in [3.05, 3.63) is 39.5 Å². The molecule has 5 rings (SSSR count). The van der Waals surface area contributed by atoms with Crippen molar-refractivity contribution in [2.24, 2.45) is 0 Å². The zero-order chi connectivity index (χ0) is 30.6. The van der Waals surface area contributed by atoms with Gasteiger partial charge >= 0.3 is 0 Å². The number of hydrogen-bond donors (Lipinski definition) is 9. The topological polar surface area (TPSA) is 249 Å². The van der Waals surface area contributed by atoms with Gasteiger partial charge in [0.05, 0.1) is 38.6 Å². The summed E-state index contributed by atoms with van der Waals surface area (Å²) in [5, 5.41) is 94.5. The Kier molecular flexibility index (Phi) is 7.95. The largest absolute Gasteiger partial charge is 0.507 e. The number of fused-ring (bicyclic) bond motifs is 1. The summed E-state index contributed by atoms with van der Waals surface area (Å²) in [5.74, 6) is -2.30. The van der Waals surface area contributed by atoms with Gasteiger partial charge in [-0.2, -0.15) is 0 Å². The number of phenolic OH excluding ortho intramolecular Hbond substituents is 3. The van der Waals surface area contributed by atoms with Crippen molar-refractivity contribution in [1.82, 2.24) is 0 Å². The summed E-state index contributed by atoms with van der Waals surface area (Å²) < 4.78 is 27.3. The molecule has 2 fully saturated rings. The van der Waals surface area contributed by atoms with Crippen molar-refractivity contribution >= 4 is 11.0 Å². The van der Waals surface area contributed by atoms with Gasteiger partial charge in [0.2, 0.25) is 5.75 Å². The normalized spacial score (nSPS) is 29.9. The number of benzene rings is 2. The highest BCUT2D eigenvalue weighted by Gasteiger charge is 2.46. The molecule has 0 bridgehead atoms. The second kappa shape index (κ2) is 11.2. The van der Waals surface area contributed by atoms with Crippen LogP contribution >= 0.6 is 0 Å². The highest BCUT2D eigenvalue weighted by atomic mass is 16.5. The van der Waals surface area contributed by atoms with Gasteiger partial charge in [0.1, 0.15) is 71.5 Å². The quantitative estimate of drug-likeness (QED) is 0.170. The first kappa shape index (κ1) is 29.8. The van der Waals surface area contributed by atoms with Gasteiger partial charge in [-0.25, -0.2) is 0 Å². The van der Waals surface area contributed by atoms with Crippen LogP contribution in [0.4, 0.5) is 0 Å². The Hall–Kier alpha value is -3.67. The molecular formula is C27H30O15. The molecule has 2 aliphatic heterocycles. The van der Waals surface area contributed by atoms with E-state index in [1.807, 2.05) is 0 Å². The Balaban J connectivity index is 1.81. The van der Waals surface area contributed by atoms with Crippen LogP contribution in [0.3, 0.4) is 0 Å². The minimum atomic E-state index is -1.89. The fraction of sp³-hybridized carbons (Fsp3) is 0.444. The van der Waals surface area contributed by atoms with Crippen LogP contribution in [0.25, 0.3) is 22.3 Å². The Morgan fingerprint density at radius 3 is 1.86 bits per heavy atom. The summed E-state index contributed by atoms with van der Waals surface area (Å²) in [6.45, 7) is -1.03. The Bertz CT molecular complexity index is 1550. The van der Waals surface area contributed by atoms with E-state index >= 15 is 0 Å². The van der Waals surface area contributed by atoms with Crippen LogP contribution in [0, 0.1) is 0 Å². The number of phenols is 3. The van der Waals surface area contributed by atoms with Crippen LogP contribution in [0.2, 0.25) is 0 Å². The van der Waals surface area contributed by atoms with Crippen molar-refractivity contribution < 1.29 is 69.3 Å². The lowest BCUT2D eigenvalue weighted by Gasteiger charge is -2.38. The molecule has 15 heteroatoms. The van der Waals surface area contributed by atoms with Gasteiger partial charge in [-0.05, 0) is 12.1 Å². The van der Waals surface area contributed by atoms with E-state index in [4.69, 9.17) is 23.4 Å². The third kappa shape index (κ3) is 4.69. The SMILES string of the molecule is COc1cc(-c2cc(=O)c3c(O)c([C@@H]4OC[C@H](O)[C@H](O)C4O)c(O)c([C@@H]4OC[C@H](O)[C@H](O)C4O)c3o2)cc(O)c1OC. The molecule has 0 aliphatic carbocycles. The fourth-order valence-electron chi connectivity index (χ4n) is 5.29. The van der Waals surface area contributed by atoms with Gasteiger partial charge in [0.15, 0.2) is 22.5 Å². The van der Waals surface area contributed by atoms with Gasteiger partial charge in [-0.3, -0.25) is 4.79 Å². The van der Waals surface area contributed by atoms with E-state index in [2.05, 4.69) is 0 Å². The van der Waals surface area contributed by atoms with Crippen LogP contribution in [0.5, 0.6) is 28.7 Å². The number of rotatable bonds is 5. The van der Waals surface area contributed by atoms with Crippen molar-refractivity contribution in [2.45, 2.75) is 48.8 Å². The summed E-state index contributed by atoms with van der Waals surface area (Å²) in [6, 6.07) is 3.53. The Morgan fingerprint density at radius 1 is 0.738 bits per heavy atom. The maximum Gasteiger partial charge on any atom is 0.203 e. The molecule has 3 heterocycles. The molecule has 0 spiro atoms. The number of aliphatic hydroxyl groups excluding tert-OH is 6. The molecule has 3 aromatic rings. The summed E-state index contributed by atoms with van der Waals surface area (Å²) in [4.78, 5) is 13.5. The molecule has 2 unspecified atom stereocenters. The predicted molar refractivity (Wildman–Crippen MR) is 139 cm³/mol. The van der Waals surface area contributed by atoms with Crippen LogP contribution in [-0.4, -0.2) is 110 Å². The molecule has 9 N–H and O–H groups in total. The van der Waals surface area contributed by atoms with Crippen LogP contribution < -0.4 is 14.9 Å². The van der Waals surface area contributed by atoms with E-state index in [-0.39, 0.29) is 28.6 Å². The number of aromatic hydroxyl groups is 3. The van der Waals surface area contributed by atoms with E-state index < -0.39 is 101 Å². The zero-order valence-corrected chi connectivity index (χ0v) is 22.2. The first-order chi connectivity index (χ1) is 19.9. The van der Waals surface area contributed by atoms with Crippen LogP contribution in [0.15, 0.2) is 27.4 Å². The number of aliphatic hydroxyl groups is 6. The number of hydrogen-bond acceptors (Lipinski definition) is 15. The Morgan fingerprint density at radius 2 is 1.31 bits per heavy atom. The van der Waals surface area contributed by atoms with Crippen molar-refractivity contribution in [1.29, 1.82) is 0 Å². The Labute approximate surface area is 236 Å². The smallest absolute Gasteiger partial charge is 0.203 e. The molecular weight excluding hydrogens is 564 g/mol. The van der Waals surface area contributed by atoms with Crippen molar-refractivity contribution in [2.75, 3.05) is 27.4 Å². The number of methoxy groups -OCH3 is 2. The van der Waals surface area contributed by atoms with Crippen LogP contribution in [0.1, 0.15) is 23.3 Å². The lowest BCUT2D eigenvalue weighted by atomic mass is 9.87. The average molecular weight is 595 g/mol. The first-order valence-corrected chi connectivity index (χ1v) is 12.7. The monoisotopic (exact) mass is 594 g/mol. The fourth-order valence-corrected chi connectivity index (χ4v) is 5.29. The predicted octanol–water partition coefficient (Wildman–Crippen LogP) is -1.10. The van der Waals surface area contributed by atoms with E-state index in [0.29, 0.717) is 0 Å². The molecule has 0 radical (unpaired) electrons. The molecule has 42 heavy (non-hydrogen) atoms. The molecule has 2 saturated heterocycles. The van der Waals surface area contributed by atoms with Gasteiger partial charge < -0.3 is 69.3 Å². The van der Waals surface area contributed by atoms with E-state index in [0.717, 1.165) is 6.07 Å². The molecule has 2 aliphatic rings. The second-order valence-electron chi connectivity index (χ2n) is 10.0. The lowest BCUT2D eigenvalue weighted by Crippen LogP contribution is -2.49. The maximum absolute atomic E-state index is 13.5. The summed E-state index contributed by atoms with van der Waals surface area (Å²) in [6.07, 6.45) is -13.6. The van der Waals surface area contributed by atoms with Gasteiger partial charge in [0, 0.05) is 11.6 Å². The lowest BCUT2D eigenvalue weighted by molar-refractivity contribution is -0.191. The summed E-state index contributed by atoms with van der Waals surface area (Å²) in [5.41, 5.74) is -2.35. The molecule has 15 nitrogen and oxygen atoms in total. The molecule has 8 atom stereocenters.